The highest BCUT2D eigenvalue weighted by Gasteiger charge is 2.19. The molecule has 0 spiro atoms. The molecule has 0 fully saturated rings. The van der Waals surface area contributed by atoms with E-state index >= 15 is 0 Å². The molecule has 0 saturated heterocycles. The van der Waals surface area contributed by atoms with Gasteiger partial charge >= 0.3 is 0 Å². The van der Waals surface area contributed by atoms with Crippen LogP contribution in [0.25, 0.3) is 0 Å². The lowest BCUT2D eigenvalue weighted by atomic mass is 10.4. The molecular formula is C7H17N3O2S2. The lowest BCUT2D eigenvalue weighted by Crippen LogP contribution is -2.42. The maximum Gasteiger partial charge on any atom is 0.279 e. The van der Waals surface area contributed by atoms with E-state index in [0.717, 1.165) is 0 Å². The molecule has 0 saturated carbocycles. The van der Waals surface area contributed by atoms with Gasteiger partial charge in [0.2, 0.25) is 0 Å². The molecule has 0 aliphatic carbocycles. The van der Waals surface area contributed by atoms with Crippen molar-refractivity contribution in [2.75, 3.05) is 13.6 Å². The molecule has 0 aliphatic heterocycles. The van der Waals surface area contributed by atoms with Crippen LogP contribution >= 0.6 is 12.2 Å². The molecule has 0 aromatic rings. The summed E-state index contributed by atoms with van der Waals surface area (Å²) in [6, 6.07) is -0.0719. The second-order valence-corrected chi connectivity index (χ2v) is 5.56. The number of hydrogen-bond acceptors (Lipinski definition) is 3. The van der Waals surface area contributed by atoms with Gasteiger partial charge < -0.3 is 5.73 Å². The topological polar surface area (TPSA) is 75.4 Å². The molecule has 0 atom stereocenters. The summed E-state index contributed by atoms with van der Waals surface area (Å²) in [5.41, 5.74) is 5.24. The van der Waals surface area contributed by atoms with Gasteiger partial charge in [0.25, 0.3) is 10.2 Å². The molecule has 0 rings (SSSR count). The second kappa shape index (κ2) is 5.59. The van der Waals surface area contributed by atoms with Crippen LogP contribution in [0.3, 0.4) is 0 Å². The first kappa shape index (κ1) is 13.8. The maximum absolute atomic E-state index is 11.5. The zero-order chi connectivity index (χ0) is 11.4. The number of nitrogens with one attached hydrogen (secondary N) is 1. The third-order valence-corrected chi connectivity index (χ3v) is 3.72. The smallest absolute Gasteiger partial charge is 0.279 e. The molecule has 7 heteroatoms. The van der Waals surface area contributed by atoms with Crippen molar-refractivity contribution in [3.8, 4) is 0 Å². The number of rotatable bonds is 6. The Morgan fingerprint density at radius 2 is 2.07 bits per heavy atom. The first-order chi connectivity index (χ1) is 6.27. The standard InChI is InChI=1S/C7H17N3O2S2/c1-6(2)10(3)14(11,12)9-5-4-7(8)13/h6,9H,4-5H2,1-3H3,(H2,8,13). The van der Waals surface area contributed by atoms with Crippen LogP contribution in [-0.2, 0) is 10.2 Å². The molecule has 0 aromatic carbocycles. The minimum absolute atomic E-state index is 0.0719. The van der Waals surface area contributed by atoms with Crippen LogP contribution in [0.4, 0.5) is 0 Å². The van der Waals surface area contributed by atoms with Gasteiger partial charge in [-0.25, -0.2) is 4.72 Å². The van der Waals surface area contributed by atoms with E-state index in [1.165, 1.54) is 11.4 Å². The summed E-state index contributed by atoms with van der Waals surface area (Å²) < 4.78 is 26.6. The largest absolute Gasteiger partial charge is 0.393 e. The van der Waals surface area contributed by atoms with Gasteiger partial charge in [-0.15, -0.1) is 0 Å². The Labute approximate surface area is 90.8 Å². The van der Waals surface area contributed by atoms with Gasteiger partial charge in [-0.05, 0) is 13.8 Å². The summed E-state index contributed by atoms with van der Waals surface area (Å²) in [6.45, 7) is 3.84. The predicted molar refractivity (Wildman–Crippen MR) is 61.2 cm³/mol. The van der Waals surface area contributed by atoms with E-state index in [1.807, 2.05) is 0 Å². The Hall–Kier alpha value is -0.240. The molecule has 3 N–H and O–H groups in total. The molecule has 0 aliphatic rings. The first-order valence-electron chi connectivity index (χ1n) is 4.28. The first-order valence-corrected chi connectivity index (χ1v) is 6.13. The average Bonchev–Trinajstić information content (AvgIpc) is 2.01. The molecule has 0 radical (unpaired) electrons. The molecule has 14 heavy (non-hydrogen) atoms. The van der Waals surface area contributed by atoms with Crippen LogP contribution in [0.5, 0.6) is 0 Å². The minimum Gasteiger partial charge on any atom is -0.393 e. The molecule has 0 heterocycles. The zero-order valence-electron chi connectivity index (χ0n) is 8.65. The van der Waals surface area contributed by atoms with Crippen molar-refractivity contribution in [2.24, 2.45) is 5.73 Å². The van der Waals surface area contributed by atoms with Crippen LogP contribution in [0.2, 0.25) is 0 Å². The minimum atomic E-state index is -3.39. The van der Waals surface area contributed by atoms with Crippen LogP contribution < -0.4 is 10.5 Å². The van der Waals surface area contributed by atoms with Crippen LogP contribution in [0.1, 0.15) is 20.3 Å². The van der Waals surface area contributed by atoms with Gasteiger partial charge in [0.1, 0.15) is 0 Å². The SMILES string of the molecule is CC(C)N(C)S(=O)(=O)NCCC(N)=S. The zero-order valence-corrected chi connectivity index (χ0v) is 10.3. The second-order valence-electron chi connectivity index (χ2n) is 3.23. The van der Waals surface area contributed by atoms with Crippen molar-refractivity contribution in [3.63, 3.8) is 0 Å². The number of thiocarbonyl (C=S) groups is 1. The molecule has 0 unspecified atom stereocenters. The Morgan fingerprint density at radius 1 is 1.57 bits per heavy atom. The van der Waals surface area contributed by atoms with Gasteiger partial charge in [-0.1, -0.05) is 12.2 Å². The van der Waals surface area contributed by atoms with E-state index in [0.29, 0.717) is 11.4 Å². The maximum atomic E-state index is 11.5. The fourth-order valence-corrected chi connectivity index (χ4v) is 1.90. The molecule has 0 bridgehead atoms. The van der Waals surface area contributed by atoms with Gasteiger partial charge in [-0.3, -0.25) is 0 Å². The Balaban J connectivity index is 4.15. The van der Waals surface area contributed by atoms with Crippen molar-refractivity contribution in [1.82, 2.24) is 9.03 Å². The fraction of sp³-hybridized carbons (Fsp3) is 0.857. The summed E-state index contributed by atoms with van der Waals surface area (Å²) in [7, 11) is -1.87. The predicted octanol–water partition coefficient (Wildman–Crippen LogP) is -0.163. The van der Waals surface area contributed by atoms with Crippen molar-refractivity contribution in [1.29, 1.82) is 0 Å². The summed E-state index contributed by atoms with van der Waals surface area (Å²) in [5, 5.41) is 0. The van der Waals surface area contributed by atoms with E-state index in [1.54, 1.807) is 13.8 Å². The highest BCUT2D eigenvalue weighted by molar-refractivity contribution is 7.87. The fourth-order valence-electron chi connectivity index (χ4n) is 0.683. The third-order valence-electron chi connectivity index (χ3n) is 1.76. The number of nitrogens with two attached hydrogens (primary N) is 1. The lowest BCUT2D eigenvalue weighted by molar-refractivity contribution is 0.403. The molecule has 0 aromatic heterocycles. The van der Waals surface area contributed by atoms with Gasteiger partial charge in [-0.2, -0.15) is 12.7 Å². The van der Waals surface area contributed by atoms with Crippen molar-refractivity contribution >= 4 is 27.4 Å². The number of nitrogens with zero attached hydrogens (tertiary/aromatic N) is 1. The average molecular weight is 239 g/mol. The van der Waals surface area contributed by atoms with E-state index in [9.17, 15) is 8.42 Å². The van der Waals surface area contributed by atoms with E-state index in [2.05, 4.69) is 16.9 Å². The molecule has 0 amide bonds. The highest BCUT2D eigenvalue weighted by Crippen LogP contribution is 2.00. The molecular weight excluding hydrogens is 222 g/mol. The Kier molecular flexibility index (Phi) is 5.50. The molecule has 84 valence electrons. The van der Waals surface area contributed by atoms with Gasteiger partial charge in [0.05, 0.1) is 4.99 Å². The van der Waals surface area contributed by atoms with Crippen molar-refractivity contribution in [3.05, 3.63) is 0 Å². The van der Waals surface area contributed by atoms with Crippen LogP contribution in [0, 0.1) is 0 Å². The summed E-state index contributed by atoms with van der Waals surface area (Å²) in [6.07, 6.45) is 0.375. The summed E-state index contributed by atoms with van der Waals surface area (Å²) in [4.78, 5) is 0.305. The highest BCUT2D eigenvalue weighted by atomic mass is 32.2. The van der Waals surface area contributed by atoms with E-state index < -0.39 is 10.2 Å². The molecule has 5 nitrogen and oxygen atoms in total. The van der Waals surface area contributed by atoms with Crippen molar-refractivity contribution < 1.29 is 8.42 Å². The van der Waals surface area contributed by atoms with Gasteiger partial charge in [0.15, 0.2) is 0 Å². The summed E-state index contributed by atoms with van der Waals surface area (Å²) >= 11 is 4.63. The van der Waals surface area contributed by atoms with E-state index in [-0.39, 0.29) is 12.6 Å². The van der Waals surface area contributed by atoms with Crippen LogP contribution in [0.15, 0.2) is 0 Å². The van der Waals surface area contributed by atoms with E-state index in [4.69, 9.17) is 5.73 Å². The number of hydrogen-bond donors (Lipinski definition) is 2. The lowest BCUT2D eigenvalue weighted by Gasteiger charge is -2.20. The normalized spacial score (nSPS) is 12.4. The Bertz CT molecular complexity index is 287. The Morgan fingerprint density at radius 3 is 2.43 bits per heavy atom. The summed E-state index contributed by atoms with van der Waals surface area (Å²) in [5.74, 6) is 0. The van der Waals surface area contributed by atoms with Crippen LogP contribution in [-0.4, -0.2) is 37.3 Å². The third kappa shape index (κ3) is 4.85. The quantitative estimate of drug-likeness (QED) is 0.631. The van der Waals surface area contributed by atoms with Crippen molar-refractivity contribution in [2.45, 2.75) is 26.3 Å². The monoisotopic (exact) mass is 239 g/mol. The van der Waals surface area contributed by atoms with Gasteiger partial charge in [0, 0.05) is 26.1 Å².